The third-order valence-corrected chi connectivity index (χ3v) is 9.09. The normalized spacial score (nSPS) is 12.2. The molecule has 0 aliphatic heterocycles. The minimum atomic E-state index is 0.780. The summed E-state index contributed by atoms with van der Waals surface area (Å²) in [5.41, 5.74) is 0. The molecule has 0 aliphatic carbocycles. The Morgan fingerprint density at radius 3 is 0.897 bits per heavy atom. The van der Waals surface area contributed by atoms with Gasteiger partial charge in [0.25, 0.3) is 0 Å². The van der Waals surface area contributed by atoms with Crippen molar-refractivity contribution >= 4 is 0 Å². The van der Waals surface area contributed by atoms with Crippen LogP contribution in [0.5, 0.6) is 0 Å². The van der Waals surface area contributed by atoms with Crippen LogP contribution in [0.4, 0.5) is 0 Å². The molecule has 0 rings (SSSR count). The molecule has 0 unspecified atom stereocenters. The van der Waals surface area contributed by atoms with Crippen LogP contribution in [0.25, 0.3) is 0 Å². The minimum Gasteiger partial charge on any atom is -0.314 e. The van der Waals surface area contributed by atoms with Crippen LogP contribution < -0.4 is 5.32 Å². The molecule has 0 heterocycles. The number of likely N-dealkylation sites (N-methyl/N-ethyl adjacent to an activating group) is 2. The van der Waals surface area contributed by atoms with Gasteiger partial charge in [0.05, 0.1) is 0 Å². The van der Waals surface area contributed by atoms with Gasteiger partial charge >= 0.3 is 0 Å². The summed E-state index contributed by atoms with van der Waals surface area (Å²) in [6.45, 7) is 13.9. The van der Waals surface area contributed by atoms with Crippen molar-refractivity contribution in [3.05, 3.63) is 0 Å². The Hall–Kier alpha value is -0.120. The molecule has 3 nitrogen and oxygen atoms in total. The first-order valence-corrected chi connectivity index (χ1v) is 18.2. The van der Waals surface area contributed by atoms with Crippen molar-refractivity contribution < 1.29 is 0 Å². The van der Waals surface area contributed by atoms with Gasteiger partial charge in [0.15, 0.2) is 0 Å². The van der Waals surface area contributed by atoms with E-state index >= 15 is 0 Å². The highest BCUT2D eigenvalue weighted by molar-refractivity contribution is 4.73. The molecule has 0 radical (unpaired) electrons. The van der Waals surface area contributed by atoms with E-state index in [-0.39, 0.29) is 0 Å². The van der Waals surface area contributed by atoms with Gasteiger partial charge in [-0.15, -0.1) is 0 Å². The fourth-order valence-electron chi connectivity index (χ4n) is 6.11. The van der Waals surface area contributed by atoms with E-state index in [2.05, 4.69) is 56.9 Å². The number of nitrogens with one attached hydrogen (secondary N) is 1. The van der Waals surface area contributed by atoms with E-state index in [0.29, 0.717) is 0 Å². The van der Waals surface area contributed by atoms with Crippen molar-refractivity contribution in [1.82, 2.24) is 15.1 Å². The number of hydrogen-bond acceptors (Lipinski definition) is 3. The molecular weight excluding hydrogens is 474 g/mol. The molecule has 0 aromatic heterocycles. The van der Waals surface area contributed by atoms with E-state index in [1.807, 2.05) is 0 Å². The Morgan fingerprint density at radius 2 is 0.641 bits per heavy atom. The van der Waals surface area contributed by atoms with Gasteiger partial charge in [-0.25, -0.2) is 0 Å². The van der Waals surface area contributed by atoms with Gasteiger partial charge in [-0.3, -0.25) is 0 Å². The number of hydrogen-bond donors (Lipinski definition) is 1. The minimum absolute atomic E-state index is 0.780. The number of rotatable bonds is 32. The molecule has 0 saturated heterocycles. The first kappa shape index (κ1) is 38.9. The Balaban J connectivity index is 4.41. The van der Waals surface area contributed by atoms with E-state index in [4.69, 9.17) is 0 Å². The van der Waals surface area contributed by atoms with Crippen LogP contribution in [0.15, 0.2) is 0 Å². The van der Waals surface area contributed by atoms with Gasteiger partial charge in [0, 0.05) is 38.3 Å². The average molecular weight is 552 g/mol. The quantitative estimate of drug-likeness (QED) is 0.0839. The number of unbranched alkanes of at least 4 members (excludes halogenated alkanes) is 16. The van der Waals surface area contributed by atoms with E-state index in [1.54, 1.807) is 0 Å². The maximum Gasteiger partial charge on any atom is 0.0107 e. The van der Waals surface area contributed by atoms with Crippen LogP contribution in [0.1, 0.15) is 182 Å². The van der Waals surface area contributed by atoms with Gasteiger partial charge in [-0.1, -0.05) is 156 Å². The molecule has 0 fully saturated rings. The Morgan fingerprint density at radius 1 is 0.385 bits per heavy atom. The maximum atomic E-state index is 3.81. The fourth-order valence-corrected chi connectivity index (χ4v) is 6.11. The smallest absolute Gasteiger partial charge is 0.0107 e. The summed E-state index contributed by atoms with van der Waals surface area (Å²) in [4.78, 5) is 5.37. The molecule has 0 aromatic carbocycles. The second kappa shape index (κ2) is 30.8. The summed E-state index contributed by atoms with van der Waals surface area (Å²) >= 11 is 0. The molecule has 3 heteroatoms. The van der Waals surface area contributed by atoms with Crippen molar-refractivity contribution in [2.75, 3.05) is 40.3 Å². The maximum absolute atomic E-state index is 3.81. The highest BCUT2D eigenvalue weighted by atomic mass is 15.2. The zero-order chi connectivity index (χ0) is 28.8. The standard InChI is InChI=1S/C36H77N3/c1-7-11-15-19-23-27-35(28-24-20-16-12-8-2)38(5)33-31-37-32-34-39(6)36(29-25-21-17-13-9-3)30-26-22-18-14-10-4/h35-37H,7-34H2,1-6H3. The van der Waals surface area contributed by atoms with Gasteiger partial charge in [-0.05, 0) is 39.8 Å². The molecule has 0 aromatic rings. The third kappa shape index (κ3) is 25.3. The molecule has 39 heavy (non-hydrogen) atoms. The van der Waals surface area contributed by atoms with Gasteiger partial charge < -0.3 is 15.1 Å². The monoisotopic (exact) mass is 552 g/mol. The topological polar surface area (TPSA) is 18.5 Å². The lowest BCUT2D eigenvalue weighted by atomic mass is 9.99. The fraction of sp³-hybridized carbons (Fsp3) is 1.00. The highest BCUT2D eigenvalue weighted by Gasteiger charge is 2.16. The molecule has 0 aliphatic rings. The molecule has 0 spiro atoms. The molecule has 0 atom stereocenters. The predicted molar refractivity (Wildman–Crippen MR) is 179 cm³/mol. The van der Waals surface area contributed by atoms with Crippen molar-refractivity contribution in [1.29, 1.82) is 0 Å². The Labute approximate surface area is 249 Å². The Kier molecular flexibility index (Phi) is 30.7. The average Bonchev–Trinajstić information content (AvgIpc) is 2.94. The number of nitrogens with zero attached hydrogens (tertiary/aromatic N) is 2. The molecular formula is C36H77N3. The van der Waals surface area contributed by atoms with Crippen LogP contribution in [-0.4, -0.2) is 62.2 Å². The van der Waals surface area contributed by atoms with E-state index in [1.165, 1.54) is 167 Å². The molecule has 236 valence electrons. The highest BCUT2D eigenvalue weighted by Crippen LogP contribution is 2.19. The molecule has 0 bridgehead atoms. The van der Waals surface area contributed by atoms with Crippen LogP contribution in [0, 0.1) is 0 Å². The molecule has 1 N–H and O–H groups in total. The summed E-state index contributed by atoms with van der Waals surface area (Å²) < 4.78 is 0. The van der Waals surface area contributed by atoms with Crippen molar-refractivity contribution in [3.63, 3.8) is 0 Å². The lowest BCUT2D eigenvalue weighted by molar-refractivity contribution is 0.198. The second-order valence-electron chi connectivity index (χ2n) is 12.8. The summed E-state index contributed by atoms with van der Waals surface area (Å²) in [6.07, 6.45) is 33.7. The van der Waals surface area contributed by atoms with E-state index < -0.39 is 0 Å². The van der Waals surface area contributed by atoms with Crippen LogP contribution in [0.3, 0.4) is 0 Å². The zero-order valence-corrected chi connectivity index (χ0v) is 28.3. The first-order valence-electron chi connectivity index (χ1n) is 18.2. The summed E-state index contributed by atoms with van der Waals surface area (Å²) in [5.74, 6) is 0. The SMILES string of the molecule is CCCCCCCC(CCCCCCC)N(C)CCNCCN(C)C(CCCCCCC)CCCCCCC. The van der Waals surface area contributed by atoms with Crippen molar-refractivity contribution in [2.24, 2.45) is 0 Å². The zero-order valence-electron chi connectivity index (χ0n) is 28.3. The van der Waals surface area contributed by atoms with Gasteiger partial charge in [-0.2, -0.15) is 0 Å². The van der Waals surface area contributed by atoms with Crippen molar-refractivity contribution in [2.45, 2.75) is 194 Å². The third-order valence-electron chi connectivity index (χ3n) is 9.09. The lowest BCUT2D eigenvalue weighted by Crippen LogP contribution is -2.40. The van der Waals surface area contributed by atoms with Crippen molar-refractivity contribution in [3.8, 4) is 0 Å². The van der Waals surface area contributed by atoms with Crippen LogP contribution in [0.2, 0.25) is 0 Å². The first-order chi connectivity index (χ1) is 19.1. The van der Waals surface area contributed by atoms with Gasteiger partial charge in [0.1, 0.15) is 0 Å². The second-order valence-corrected chi connectivity index (χ2v) is 12.8. The lowest BCUT2D eigenvalue weighted by Gasteiger charge is -2.30. The van der Waals surface area contributed by atoms with Gasteiger partial charge in [0.2, 0.25) is 0 Å². The predicted octanol–water partition coefficient (Wildman–Crippen LogP) is 10.6. The van der Waals surface area contributed by atoms with Crippen LogP contribution in [-0.2, 0) is 0 Å². The Bertz CT molecular complexity index is 387. The summed E-state index contributed by atoms with van der Waals surface area (Å²) in [7, 11) is 4.79. The largest absolute Gasteiger partial charge is 0.314 e. The summed E-state index contributed by atoms with van der Waals surface area (Å²) in [5, 5.41) is 3.81. The molecule has 0 saturated carbocycles. The molecule has 0 amide bonds. The summed E-state index contributed by atoms with van der Waals surface area (Å²) in [6, 6.07) is 1.56. The van der Waals surface area contributed by atoms with E-state index in [0.717, 1.165) is 25.2 Å². The van der Waals surface area contributed by atoms with E-state index in [9.17, 15) is 0 Å². The van der Waals surface area contributed by atoms with Crippen LogP contribution >= 0.6 is 0 Å².